The predicted molar refractivity (Wildman–Crippen MR) is 113 cm³/mol. The highest BCUT2D eigenvalue weighted by Crippen LogP contribution is 2.22. The minimum Gasteiger partial charge on any atom is -0.301 e. The molecule has 0 saturated carbocycles. The van der Waals surface area contributed by atoms with E-state index < -0.39 is 0 Å². The van der Waals surface area contributed by atoms with Crippen molar-refractivity contribution in [1.82, 2.24) is 19.6 Å². The second-order valence-electron chi connectivity index (χ2n) is 7.02. The highest BCUT2D eigenvalue weighted by Gasteiger charge is 2.21. The van der Waals surface area contributed by atoms with Gasteiger partial charge in [0.05, 0.1) is 6.54 Å². The first kappa shape index (κ1) is 19.1. The number of carbonyl (C=O) groups is 1. The molecule has 0 aliphatic carbocycles. The molecule has 0 aliphatic heterocycles. The van der Waals surface area contributed by atoms with E-state index in [1.807, 2.05) is 51.1 Å². The monoisotopic (exact) mass is 405 g/mol. The minimum absolute atomic E-state index is 0.169. The molecule has 0 aliphatic rings. The van der Waals surface area contributed by atoms with Crippen molar-refractivity contribution in [2.24, 2.45) is 0 Å². The number of nitrogens with zero attached hydrogens (tertiary/aromatic N) is 5. The van der Waals surface area contributed by atoms with Gasteiger partial charge in [-0.1, -0.05) is 29.8 Å². The number of amides is 1. The van der Waals surface area contributed by atoms with Gasteiger partial charge in [0.2, 0.25) is 0 Å². The van der Waals surface area contributed by atoms with Gasteiger partial charge in [0, 0.05) is 27.7 Å². The van der Waals surface area contributed by atoms with Gasteiger partial charge in [0.25, 0.3) is 11.7 Å². The average Bonchev–Trinajstić information content (AvgIpc) is 3.08. The number of carbonyl (C=O) groups excluding carboxylic acids is 1. The molecule has 29 heavy (non-hydrogen) atoms. The van der Waals surface area contributed by atoms with E-state index in [2.05, 4.69) is 15.1 Å². The molecule has 0 N–H and O–H groups in total. The van der Waals surface area contributed by atoms with Crippen molar-refractivity contribution in [3.63, 3.8) is 0 Å². The fourth-order valence-corrected chi connectivity index (χ4v) is 3.46. The molecule has 0 unspecified atom stereocenters. The smallest absolute Gasteiger partial charge is 0.258 e. The van der Waals surface area contributed by atoms with E-state index in [4.69, 9.17) is 11.6 Å². The number of hydrogen-bond donors (Lipinski definition) is 0. The van der Waals surface area contributed by atoms with E-state index in [1.54, 1.807) is 33.7 Å². The molecule has 0 fully saturated rings. The quantitative estimate of drug-likeness (QED) is 0.499. The Morgan fingerprint density at radius 2 is 1.83 bits per heavy atom. The van der Waals surface area contributed by atoms with Gasteiger partial charge in [-0.3, -0.25) is 4.79 Å². The first-order valence-corrected chi connectivity index (χ1v) is 9.62. The fraction of sp³-hybridized carbons (Fsp3) is 0.182. The lowest BCUT2D eigenvalue weighted by Gasteiger charge is -2.22. The van der Waals surface area contributed by atoms with Crippen LogP contribution in [0, 0.1) is 20.8 Å². The van der Waals surface area contributed by atoms with Crippen LogP contribution in [0.25, 0.3) is 5.78 Å². The molecule has 7 heteroatoms. The standard InChI is InChI=1S/C22H20ClN5O/c1-14-6-4-9-19(10-14)27(21(29)17-7-5-8-18(23)12-17)13-20-25-22-24-15(2)11-16(3)28(22)26-20/h4-12H,13H2,1-3H3. The Morgan fingerprint density at radius 3 is 2.59 bits per heavy atom. The molecule has 2 aromatic heterocycles. The van der Waals surface area contributed by atoms with E-state index in [9.17, 15) is 4.79 Å². The zero-order valence-corrected chi connectivity index (χ0v) is 17.2. The van der Waals surface area contributed by atoms with Gasteiger partial charge in [-0.05, 0) is 62.7 Å². The number of rotatable bonds is 4. The molecule has 0 bridgehead atoms. The number of aryl methyl sites for hydroxylation is 3. The summed E-state index contributed by atoms with van der Waals surface area (Å²) in [5, 5.41) is 5.07. The maximum atomic E-state index is 13.3. The molecule has 0 radical (unpaired) electrons. The van der Waals surface area contributed by atoms with Crippen LogP contribution in [-0.2, 0) is 6.54 Å². The molecule has 0 atom stereocenters. The van der Waals surface area contributed by atoms with Crippen molar-refractivity contribution in [1.29, 1.82) is 0 Å². The largest absolute Gasteiger partial charge is 0.301 e. The van der Waals surface area contributed by atoms with Crippen LogP contribution in [0.4, 0.5) is 5.69 Å². The Hall–Kier alpha value is -3.25. The Balaban J connectivity index is 1.76. The molecule has 2 aromatic carbocycles. The van der Waals surface area contributed by atoms with E-state index in [0.717, 1.165) is 22.6 Å². The van der Waals surface area contributed by atoms with Crippen molar-refractivity contribution in [2.45, 2.75) is 27.3 Å². The molecule has 4 aromatic rings. The first-order chi connectivity index (χ1) is 13.9. The highest BCUT2D eigenvalue weighted by atomic mass is 35.5. The Kier molecular flexibility index (Phi) is 5.03. The van der Waals surface area contributed by atoms with Crippen molar-refractivity contribution in [3.8, 4) is 0 Å². The van der Waals surface area contributed by atoms with Gasteiger partial charge in [-0.15, -0.1) is 5.10 Å². The molecule has 6 nitrogen and oxygen atoms in total. The van der Waals surface area contributed by atoms with Crippen LogP contribution in [0.1, 0.15) is 33.1 Å². The fourth-order valence-electron chi connectivity index (χ4n) is 3.27. The van der Waals surface area contributed by atoms with Crippen molar-refractivity contribution >= 4 is 29.0 Å². The summed E-state index contributed by atoms with van der Waals surface area (Å²) in [6.45, 7) is 6.08. The van der Waals surface area contributed by atoms with Crippen LogP contribution in [0.2, 0.25) is 5.02 Å². The summed E-state index contributed by atoms with van der Waals surface area (Å²) in [6.07, 6.45) is 0. The zero-order chi connectivity index (χ0) is 20.5. The molecular weight excluding hydrogens is 386 g/mol. The Bertz CT molecular complexity index is 1220. The Morgan fingerprint density at radius 1 is 1.03 bits per heavy atom. The summed E-state index contributed by atoms with van der Waals surface area (Å²) >= 11 is 6.10. The molecule has 4 rings (SSSR count). The topological polar surface area (TPSA) is 63.4 Å². The van der Waals surface area contributed by atoms with Crippen LogP contribution in [0.15, 0.2) is 54.6 Å². The molecule has 0 spiro atoms. The van der Waals surface area contributed by atoms with Crippen molar-refractivity contribution < 1.29 is 4.79 Å². The van der Waals surface area contributed by atoms with Crippen LogP contribution in [0.5, 0.6) is 0 Å². The average molecular weight is 406 g/mol. The van der Waals surface area contributed by atoms with Gasteiger partial charge >= 0.3 is 0 Å². The van der Waals surface area contributed by atoms with Gasteiger partial charge in [0.15, 0.2) is 5.82 Å². The van der Waals surface area contributed by atoms with Crippen molar-refractivity contribution in [3.05, 3.63) is 88.0 Å². The van der Waals surface area contributed by atoms with Gasteiger partial charge in [-0.25, -0.2) is 9.50 Å². The van der Waals surface area contributed by atoms with Crippen LogP contribution >= 0.6 is 11.6 Å². The summed E-state index contributed by atoms with van der Waals surface area (Å²) < 4.78 is 1.70. The molecule has 0 saturated heterocycles. The molecular formula is C22H20ClN5O. The number of hydrogen-bond acceptors (Lipinski definition) is 4. The van der Waals surface area contributed by atoms with E-state index >= 15 is 0 Å². The normalized spacial score (nSPS) is 11.0. The van der Waals surface area contributed by atoms with Gasteiger partial charge < -0.3 is 4.90 Å². The summed E-state index contributed by atoms with van der Waals surface area (Å²) in [5.41, 5.74) is 4.15. The number of benzene rings is 2. The summed E-state index contributed by atoms with van der Waals surface area (Å²) in [7, 11) is 0. The third-order valence-electron chi connectivity index (χ3n) is 4.59. The lowest BCUT2D eigenvalue weighted by molar-refractivity contribution is 0.0984. The lowest BCUT2D eigenvalue weighted by atomic mass is 10.1. The Labute approximate surface area is 173 Å². The molecule has 2 heterocycles. The van der Waals surface area contributed by atoms with E-state index in [1.165, 1.54) is 0 Å². The second-order valence-corrected chi connectivity index (χ2v) is 7.46. The third kappa shape index (κ3) is 3.98. The van der Waals surface area contributed by atoms with Crippen LogP contribution in [0.3, 0.4) is 0 Å². The first-order valence-electron chi connectivity index (χ1n) is 9.25. The molecule has 1 amide bonds. The summed E-state index contributed by atoms with van der Waals surface area (Å²) in [5.74, 6) is 0.873. The van der Waals surface area contributed by atoms with Crippen molar-refractivity contribution in [2.75, 3.05) is 4.90 Å². The number of halogens is 1. The van der Waals surface area contributed by atoms with Crippen LogP contribution in [-0.4, -0.2) is 25.5 Å². The molecule has 146 valence electrons. The number of aromatic nitrogens is 4. The highest BCUT2D eigenvalue weighted by molar-refractivity contribution is 6.31. The third-order valence-corrected chi connectivity index (χ3v) is 4.83. The number of anilines is 1. The zero-order valence-electron chi connectivity index (χ0n) is 16.4. The van der Waals surface area contributed by atoms with Gasteiger partial charge in [0.1, 0.15) is 0 Å². The van der Waals surface area contributed by atoms with E-state index in [0.29, 0.717) is 22.2 Å². The maximum absolute atomic E-state index is 13.3. The predicted octanol–water partition coefficient (Wildman–Crippen LogP) is 4.55. The van der Waals surface area contributed by atoms with Gasteiger partial charge in [-0.2, -0.15) is 4.98 Å². The second kappa shape index (κ2) is 7.64. The van der Waals surface area contributed by atoms with E-state index in [-0.39, 0.29) is 12.5 Å². The maximum Gasteiger partial charge on any atom is 0.258 e. The SMILES string of the molecule is Cc1cccc(N(Cc2nc3nc(C)cc(C)n3n2)C(=O)c2cccc(Cl)c2)c1. The minimum atomic E-state index is -0.169. The summed E-state index contributed by atoms with van der Waals surface area (Å²) in [4.78, 5) is 24.0. The number of fused-ring (bicyclic) bond motifs is 1. The summed E-state index contributed by atoms with van der Waals surface area (Å²) in [6, 6.07) is 16.7. The van der Waals surface area contributed by atoms with Crippen LogP contribution < -0.4 is 4.90 Å². The lowest BCUT2D eigenvalue weighted by Crippen LogP contribution is -2.31.